The Morgan fingerprint density at radius 3 is 3.00 bits per heavy atom. The van der Waals surface area contributed by atoms with Crippen molar-refractivity contribution < 1.29 is 19.3 Å². The van der Waals surface area contributed by atoms with Crippen LogP contribution in [0.3, 0.4) is 0 Å². The summed E-state index contributed by atoms with van der Waals surface area (Å²) in [4.78, 5) is 2.00. The van der Waals surface area contributed by atoms with Crippen LogP contribution in [-0.2, 0) is 0 Å². The average Bonchev–Trinajstić information content (AvgIpc) is 2.98. The van der Waals surface area contributed by atoms with E-state index < -0.39 is 12.6 Å². The third kappa shape index (κ3) is 5.57. The molecule has 1 aliphatic rings. The normalized spacial score (nSPS) is 17.2. The molecular formula is C14H20F3N3OS. The molecule has 0 fully saturated rings. The summed E-state index contributed by atoms with van der Waals surface area (Å²) in [5.41, 5.74) is 1.70. The molecule has 0 unspecified atom stereocenters. The van der Waals surface area contributed by atoms with E-state index in [4.69, 9.17) is 6.11 Å². The van der Waals surface area contributed by atoms with Gasteiger partial charge in [0.2, 0.25) is 0 Å². The van der Waals surface area contributed by atoms with E-state index in [1.54, 1.807) is 0 Å². The van der Waals surface area contributed by atoms with Crippen molar-refractivity contribution in [2.24, 2.45) is 0 Å². The van der Waals surface area contributed by atoms with Crippen molar-refractivity contribution in [1.29, 1.82) is 0 Å². The molecule has 0 atom stereocenters. The second kappa shape index (κ2) is 7.92. The van der Waals surface area contributed by atoms with Crippen LogP contribution >= 0.6 is 11.7 Å². The van der Waals surface area contributed by atoms with Gasteiger partial charge < -0.3 is 9.64 Å². The Labute approximate surface area is 133 Å². The summed E-state index contributed by atoms with van der Waals surface area (Å²) in [6, 6.07) is 0. The van der Waals surface area contributed by atoms with Crippen molar-refractivity contribution in [2.45, 2.75) is 38.3 Å². The molecule has 0 bridgehead atoms. The van der Waals surface area contributed by atoms with Crippen molar-refractivity contribution in [3.63, 3.8) is 0 Å². The van der Waals surface area contributed by atoms with Gasteiger partial charge in [0, 0.05) is 20.9 Å². The molecule has 22 heavy (non-hydrogen) atoms. The minimum absolute atomic E-state index is 0.124. The number of halogens is 3. The van der Waals surface area contributed by atoms with Gasteiger partial charge in [0.05, 0.1) is 18.3 Å². The monoisotopic (exact) mass is 336 g/mol. The zero-order valence-corrected chi connectivity index (χ0v) is 13.0. The van der Waals surface area contributed by atoms with Gasteiger partial charge in [0.15, 0.2) is 0 Å². The number of hydrogen-bond donors (Lipinski definition) is 0. The number of likely N-dealkylation sites (N-methyl/N-ethyl adjacent to an activating group) is 1. The van der Waals surface area contributed by atoms with Crippen LogP contribution in [0.15, 0.2) is 6.08 Å². The van der Waals surface area contributed by atoms with E-state index in [9.17, 15) is 13.2 Å². The maximum absolute atomic E-state index is 12.0. The van der Waals surface area contributed by atoms with Crippen LogP contribution in [0, 0.1) is 0 Å². The predicted molar refractivity (Wildman–Crippen MR) is 80.0 cm³/mol. The lowest BCUT2D eigenvalue weighted by atomic mass is 10.1. The summed E-state index contributed by atoms with van der Waals surface area (Å²) >= 11 is 1.06. The molecule has 0 radical (unpaired) electrons. The zero-order chi connectivity index (χ0) is 16.7. The van der Waals surface area contributed by atoms with Crippen LogP contribution in [0.1, 0.15) is 39.2 Å². The summed E-state index contributed by atoms with van der Waals surface area (Å²) in [6.45, 7) is 1.85. The molecule has 2 rings (SSSR count). The lowest BCUT2D eigenvalue weighted by Gasteiger charge is -2.22. The Balaban J connectivity index is 1.77. The van der Waals surface area contributed by atoms with Crippen molar-refractivity contribution in [3.05, 3.63) is 11.8 Å². The Bertz CT molecular complexity index is 522. The van der Waals surface area contributed by atoms with Gasteiger partial charge in [-0.05, 0) is 38.3 Å². The summed E-state index contributed by atoms with van der Waals surface area (Å²) in [5.74, 6) is 0.448. The van der Waals surface area contributed by atoms with Crippen LogP contribution in [0.2, 0.25) is 0 Å². The first-order valence-corrected chi connectivity index (χ1v) is 7.96. The SMILES string of the molecule is [2H]CN1CCC=C(c2nsnc2OCCCCCC(F)(F)F)C1. The molecule has 0 aromatic carbocycles. The van der Waals surface area contributed by atoms with E-state index >= 15 is 0 Å². The molecule has 1 aromatic rings. The molecule has 1 aliphatic heterocycles. The second-order valence-electron chi connectivity index (χ2n) is 5.26. The number of aromatic nitrogens is 2. The average molecular weight is 336 g/mol. The lowest BCUT2D eigenvalue weighted by Crippen LogP contribution is -2.25. The van der Waals surface area contributed by atoms with Gasteiger partial charge in [0.1, 0.15) is 5.69 Å². The highest BCUT2D eigenvalue weighted by Crippen LogP contribution is 2.27. The molecule has 0 N–H and O–H groups in total. The van der Waals surface area contributed by atoms with Crippen LogP contribution in [0.5, 0.6) is 5.88 Å². The Morgan fingerprint density at radius 1 is 1.36 bits per heavy atom. The quantitative estimate of drug-likeness (QED) is 0.711. The molecule has 0 aliphatic carbocycles. The number of nitrogens with zero attached hydrogens (tertiary/aromatic N) is 3. The summed E-state index contributed by atoms with van der Waals surface area (Å²) < 4.78 is 57.5. The van der Waals surface area contributed by atoms with Gasteiger partial charge in [-0.25, -0.2) is 0 Å². The molecule has 0 saturated heterocycles. The third-order valence-corrected chi connectivity index (χ3v) is 3.85. The molecule has 2 heterocycles. The van der Waals surface area contributed by atoms with Crippen LogP contribution in [0.4, 0.5) is 13.2 Å². The summed E-state index contributed by atoms with van der Waals surface area (Å²) in [5, 5.41) is 0. The van der Waals surface area contributed by atoms with E-state index in [1.807, 2.05) is 4.90 Å². The van der Waals surface area contributed by atoms with Crippen LogP contribution in [0.25, 0.3) is 5.57 Å². The van der Waals surface area contributed by atoms with E-state index in [2.05, 4.69) is 14.8 Å². The smallest absolute Gasteiger partial charge is 0.389 e. The van der Waals surface area contributed by atoms with Crippen molar-refractivity contribution in [1.82, 2.24) is 13.6 Å². The largest absolute Gasteiger partial charge is 0.475 e. The molecule has 0 spiro atoms. The first kappa shape index (κ1) is 15.7. The highest BCUT2D eigenvalue weighted by molar-refractivity contribution is 6.99. The fourth-order valence-electron chi connectivity index (χ4n) is 2.22. The fraction of sp³-hybridized carbons (Fsp3) is 0.714. The van der Waals surface area contributed by atoms with Gasteiger partial charge >= 0.3 is 6.18 Å². The number of rotatable bonds is 7. The maximum Gasteiger partial charge on any atom is 0.389 e. The van der Waals surface area contributed by atoms with Gasteiger partial charge in [-0.2, -0.15) is 17.5 Å². The molecule has 1 aromatic heterocycles. The lowest BCUT2D eigenvalue weighted by molar-refractivity contribution is -0.135. The van der Waals surface area contributed by atoms with Crippen molar-refractivity contribution in [3.8, 4) is 5.88 Å². The molecule has 124 valence electrons. The number of alkyl halides is 3. The number of hydrogen-bond acceptors (Lipinski definition) is 5. The van der Waals surface area contributed by atoms with Crippen molar-refractivity contribution in [2.75, 3.05) is 26.7 Å². The van der Waals surface area contributed by atoms with Gasteiger partial charge in [-0.15, -0.1) is 4.37 Å². The third-order valence-electron chi connectivity index (χ3n) is 3.34. The van der Waals surface area contributed by atoms with Gasteiger partial charge in [-0.1, -0.05) is 6.08 Å². The summed E-state index contributed by atoms with van der Waals surface area (Å²) in [7, 11) is 0.240. The molecular weight excluding hydrogens is 315 g/mol. The Kier molecular flexibility index (Phi) is 5.66. The fourth-order valence-corrected chi connectivity index (χ4v) is 2.75. The minimum atomic E-state index is -4.08. The van der Waals surface area contributed by atoms with Gasteiger partial charge in [-0.3, -0.25) is 0 Å². The van der Waals surface area contributed by atoms with Gasteiger partial charge in [0.25, 0.3) is 5.88 Å². The van der Waals surface area contributed by atoms with E-state index in [-0.39, 0.29) is 13.4 Å². The van der Waals surface area contributed by atoms with E-state index in [0.29, 0.717) is 37.6 Å². The number of unbranched alkanes of at least 4 members (excludes halogenated alkanes) is 2. The molecule has 0 amide bonds. The zero-order valence-electron chi connectivity index (χ0n) is 13.2. The predicted octanol–water partition coefficient (Wildman–Crippen LogP) is 3.76. The highest BCUT2D eigenvalue weighted by atomic mass is 32.1. The van der Waals surface area contributed by atoms with Crippen molar-refractivity contribution >= 4 is 17.3 Å². The van der Waals surface area contributed by atoms with Crippen LogP contribution < -0.4 is 4.74 Å². The second-order valence-corrected chi connectivity index (χ2v) is 5.79. The first-order valence-electron chi connectivity index (χ1n) is 7.93. The van der Waals surface area contributed by atoms with E-state index in [1.165, 1.54) is 0 Å². The minimum Gasteiger partial charge on any atom is -0.475 e. The highest BCUT2D eigenvalue weighted by Gasteiger charge is 2.25. The standard InChI is InChI=1S/C14H20F3N3OS/c1-20-8-5-6-11(10-20)12-13(19-22-18-12)21-9-4-2-3-7-14(15,16)17/h6H,2-5,7-10H2,1H3/i1D. The summed E-state index contributed by atoms with van der Waals surface area (Å²) in [6.07, 6.45) is -0.719. The molecule has 0 saturated carbocycles. The number of ether oxygens (including phenoxy) is 1. The van der Waals surface area contributed by atoms with E-state index in [0.717, 1.165) is 30.3 Å². The first-order chi connectivity index (χ1) is 11.0. The maximum atomic E-state index is 12.0. The Morgan fingerprint density at radius 2 is 2.23 bits per heavy atom. The topological polar surface area (TPSA) is 38.2 Å². The Hall–Kier alpha value is -1.15. The van der Waals surface area contributed by atoms with Crippen LogP contribution in [-0.4, -0.2) is 46.5 Å². The molecule has 8 heteroatoms. The molecule has 4 nitrogen and oxygen atoms in total.